The lowest BCUT2D eigenvalue weighted by molar-refractivity contribution is -0.144. The molecule has 0 bridgehead atoms. The molecule has 98 valence electrons. The second kappa shape index (κ2) is 5.47. The van der Waals surface area contributed by atoms with Crippen LogP contribution in [0.1, 0.15) is 5.69 Å². The Labute approximate surface area is 111 Å². The SMILES string of the molecule is O=C(Cc1ccc2ccccc2n1)C1COCCO1. The number of carbonyl (C=O) groups is 1. The highest BCUT2D eigenvalue weighted by atomic mass is 16.6. The summed E-state index contributed by atoms with van der Waals surface area (Å²) in [6, 6.07) is 11.8. The van der Waals surface area contributed by atoms with Gasteiger partial charge in [-0.3, -0.25) is 9.78 Å². The molecule has 2 heterocycles. The van der Waals surface area contributed by atoms with E-state index in [0.29, 0.717) is 26.2 Å². The summed E-state index contributed by atoms with van der Waals surface area (Å²) in [6.07, 6.45) is -0.152. The van der Waals surface area contributed by atoms with Crippen molar-refractivity contribution in [2.24, 2.45) is 0 Å². The van der Waals surface area contributed by atoms with E-state index in [-0.39, 0.29) is 5.78 Å². The van der Waals surface area contributed by atoms with Gasteiger partial charge in [0.05, 0.1) is 31.8 Å². The first kappa shape index (κ1) is 12.3. The van der Waals surface area contributed by atoms with E-state index in [2.05, 4.69) is 4.98 Å². The molecule has 1 atom stereocenters. The monoisotopic (exact) mass is 257 g/mol. The van der Waals surface area contributed by atoms with Crippen molar-refractivity contribution in [3.05, 3.63) is 42.1 Å². The van der Waals surface area contributed by atoms with Crippen LogP contribution in [0.5, 0.6) is 0 Å². The Balaban J connectivity index is 1.75. The summed E-state index contributed by atoms with van der Waals surface area (Å²) in [7, 11) is 0. The maximum atomic E-state index is 12.1. The van der Waals surface area contributed by atoms with E-state index >= 15 is 0 Å². The molecule has 0 N–H and O–H groups in total. The van der Waals surface area contributed by atoms with Gasteiger partial charge in [-0.05, 0) is 12.1 Å². The highest BCUT2D eigenvalue weighted by molar-refractivity contribution is 5.86. The molecule has 4 heteroatoms. The van der Waals surface area contributed by atoms with Gasteiger partial charge in [0.15, 0.2) is 5.78 Å². The third-order valence-corrected chi connectivity index (χ3v) is 3.19. The number of ketones is 1. The van der Waals surface area contributed by atoms with Crippen molar-refractivity contribution in [2.75, 3.05) is 19.8 Å². The van der Waals surface area contributed by atoms with Gasteiger partial charge in [-0.2, -0.15) is 0 Å². The topological polar surface area (TPSA) is 48.4 Å². The molecule has 1 unspecified atom stereocenters. The number of aromatic nitrogens is 1. The summed E-state index contributed by atoms with van der Waals surface area (Å²) < 4.78 is 10.6. The van der Waals surface area contributed by atoms with Crippen LogP contribution in [0.25, 0.3) is 10.9 Å². The number of hydrogen-bond donors (Lipinski definition) is 0. The van der Waals surface area contributed by atoms with Crippen molar-refractivity contribution in [1.29, 1.82) is 0 Å². The van der Waals surface area contributed by atoms with Crippen LogP contribution >= 0.6 is 0 Å². The number of Topliss-reactive ketones (excluding diaryl/α,β-unsaturated/α-hetero) is 1. The number of carbonyl (C=O) groups excluding carboxylic acids is 1. The van der Waals surface area contributed by atoms with Crippen molar-refractivity contribution < 1.29 is 14.3 Å². The molecule has 1 aliphatic rings. The standard InChI is InChI=1S/C15H15NO3/c17-14(15-10-18-7-8-19-15)9-12-6-5-11-3-1-2-4-13(11)16-12/h1-6,15H,7-10H2. The largest absolute Gasteiger partial charge is 0.376 e. The van der Waals surface area contributed by atoms with Gasteiger partial charge in [0.1, 0.15) is 6.10 Å². The average molecular weight is 257 g/mol. The van der Waals surface area contributed by atoms with Crippen molar-refractivity contribution >= 4 is 16.7 Å². The van der Waals surface area contributed by atoms with Gasteiger partial charge < -0.3 is 9.47 Å². The van der Waals surface area contributed by atoms with Gasteiger partial charge in [-0.1, -0.05) is 24.3 Å². The van der Waals surface area contributed by atoms with Gasteiger partial charge in [0, 0.05) is 11.1 Å². The number of nitrogens with zero attached hydrogens (tertiary/aromatic N) is 1. The van der Waals surface area contributed by atoms with E-state index in [1.165, 1.54) is 0 Å². The molecule has 2 aromatic rings. The highest BCUT2D eigenvalue weighted by Gasteiger charge is 2.22. The zero-order valence-corrected chi connectivity index (χ0v) is 10.5. The summed E-state index contributed by atoms with van der Waals surface area (Å²) in [5, 5.41) is 1.08. The lowest BCUT2D eigenvalue weighted by Gasteiger charge is -2.21. The molecule has 0 aliphatic carbocycles. The van der Waals surface area contributed by atoms with Crippen LogP contribution in [0.2, 0.25) is 0 Å². The first-order valence-electron chi connectivity index (χ1n) is 6.40. The highest BCUT2D eigenvalue weighted by Crippen LogP contribution is 2.13. The van der Waals surface area contributed by atoms with E-state index in [0.717, 1.165) is 16.6 Å². The second-order valence-corrected chi connectivity index (χ2v) is 4.57. The second-order valence-electron chi connectivity index (χ2n) is 4.57. The zero-order chi connectivity index (χ0) is 13.1. The fraction of sp³-hybridized carbons (Fsp3) is 0.333. The molecule has 19 heavy (non-hydrogen) atoms. The third kappa shape index (κ3) is 2.80. The molecule has 1 fully saturated rings. The Kier molecular flexibility index (Phi) is 3.53. The Morgan fingerprint density at radius 2 is 2.11 bits per heavy atom. The minimum Gasteiger partial charge on any atom is -0.376 e. The first-order chi connectivity index (χ1) is 9.33. The molecule has 1 aliphatic heterocycles. The first-order valence-corrected chi connectivity index (χ1v) is 6.40. The van der Waals surface area contributed by atoms with Crippen LogP contribution in [-0.4, -0.2) is 36.7 Å². The fourth-order valence-corrected chi connectivity index (χ4v) is 2.17. The van der Waals surface area contributed by atoms with E-state index in [1.54, 1.807) is 0 Å². The number of benzene rings is 1. The predicted octanol–water partition coefficient (Wildman–Crippen LogP) is 1.76. The smallest absolute Gasteiger partial charge is 0.169 e. The maximum Gasteiger partial charge on any atom is 0.169 e. The van der Waals surface area contributed by atoms with Crippen LogP contribution in [-0.2, 0) is 20.7 Å². The molecule has 0 radical (unpaired) electrons. The molecular weight excluding hydrogens is 242 g/mol. The van der Waals surface area contributed by atoms with Crippen LogP contribution < -0.4 is 0 Å². The van der Waals surface area contributed by atoms with E-state index in [4.69, 9.17) is 9.47 Å². The number of para-hydroxylation sites is 1. The van der Waals surface area contributed by atoms with Crippen molar-refractivity contribution in [1.82, 2.24) is 4.98 Å². The fourth-order valence-electron chi connectivity index (χ4n) is 2.17. The minimum atomic E-state index is -0.443. The van der Waals surface area contributed by atoms with Gasteiger partial charge >= 0.3 is 0 Å². The van der Waals surface area contributed by atoms with Crippen LogP contribution in [0.15, 0.2) is 36.4 Å². The molecule has 3 rings (SSSR count). The van der Waals surface area contributed by atoms with Gasteiger partial charge in [0.2, 0.25) is 0 Å². The van der Waals surface area contributed by atoms with E-state index in [1.807, 2.05) is 36.4 Å². The van der Waals surface area contributed by atoms with Gasteiger partial charge in [-0.15, -0.1) is 0 Å². The van der Waals surface area contributed by atoms with Crippen LogP contribution in [0.4, 0.5) is 0 Å². The maximum absolute atomic E-state index is 12.1. The number of hydrogen-bond acceptors (Lipinski definition) is 4. The van der Waals surface area contributed by atoms with Crippen molar-refractivity contribution in [2.45, 2.75) is 12.5 Å². The Morgan fingerprint density at radius 3 is 2.95 bits per heavy atom. The summed E-state index contributed by atoms with van der Waals surface area (Å²) in [4.78, 5) is 16.6. The lowest BCUT2D eigenvalue weighted by Crippen LogP contribution is -2.36. The molecular formula is C15H15NO3. The minimum absolute atomic E-state index is 0.0301. The van der Waals surface area contributed by atoms with Crippen LogP contribution in [0.3, 0.4) is 0 Å². The van der Waals surface area contributed by atoms with Gasteiger partial charge in [0.25, 0.3) is 0 Å². The Bertz CT molecular complexity index is 591. The number of ether oxygens (including phenoxy) is 2. The zero-order valence-electron chi connectivity index (χ0n) is 10.5. The average Bonchev–Trinajstić information content (AvgIpc) is 2.48. The van der Waals surface area contributed by atoms with Crippen LogP contribution in [0, 0.1) is 0 Å². The molecule has 0 spiro atoms. The summed E-state index contributed by atoms with van der Waals surface area (Å²) in [5.41, 5.74) is 1.69. The molecule has 0 saturated carbocycles. The Morgan fingerprint density at radius 1 is 1.21 bits per heavy atom. The number of fused-ring (bicyclic) bond motifs is 1. The lowest BCUT2D eigenvalue weighted by atomic mass is 10.1. The number of pyridine rings is 1. The normalized spacial score (nSPS) is 19.5. The van der Waals surface area contributed by atoms with E-state index < -0.39 is 6.10 Å². The molecule has 1 aromatic heterocycles. The molecule has 1 saturated heterocycles. The summed E-state index contributed by atoms with van der Waals surface area (Å²) >= 11 is 0. The number of rotatable bonds is 3. The van der Waals surface area contributed by atoms with E-state index in [9.17, 15) is 4.79 Å². The summed E-state index contributed by atoms with van der Waals surface area (Å²) in [6.45, 7) is 1.41. The van der Waals surface area contributed by atoms with Crippen molar-refractivity contribution in [3.63, 3.8) is 0 Å². The molecule has 1 aromatic carbocycles. The quantitative estimate of drug-likeness (QED) is 0.840. The predicted molar refractivity (Wildman–Crippen MR) is 71.0 cm³/mol. The third-order valence-electron chi connectivity index (χ3n) is 3.19. The summed E-state index contributed by atoms with van der Waals surface area (Å²) in [5.74, 6) is 0.0301. The molecule has 0 amide bonds. The van der Waals surface area contributed by atoms with Gasteiger partial charge in [-0.25, -0.2) is 0 Å². The molecule has 4 nitrogen and oxygen atoms in total. The Hall–Kier alpha value is -1.78. The van der Waals surface area contributed by atoms with Crippen molar-refractivity contribution in [3.8, 4) is 0 Å².